The highest BCUT2D eigenvalue weighted by Gasteiger charge is 2.72. The van der Waals surface area contributed by atoms with E-state index in [1.165, 1.54) is 4.90 Å². The Bertz CT molecular complexity index is 1160. The Labute approximate surface area is 236 Å². The standard InChI is InChI=1S/C31H41N3O6/c1-4-21(20-35)34-27-29(37)33(23-15-13-22(14-16-23)32(5-2)6-3)18-11-17-31(27)26(28(34)36)25-24(40-31)12-9-7-8-10-19-39-30(25)38/h9,11-17,21,24-27,35H,4-8,10,18-20H2,1-3H3/b12-9-/t21-,24+,25-,26-,27?,31-/m0/s1. The van der Waals surface area contributed by atoms with Crippen LogP contribution in [0.5, 0.6) is 0 Å². The first-order valence-corrected chi connectivity index (χ1v) is 14.7. The maximum absolute atomic E-state index is 14.5. The number of allylic oxidation sites excluding steroid dienone is 1. The number of carbonyl (C=O) groups is 3. The van der Waals surface area contributed by atoms with Crippen molar-refractivity contribution in [1.29, 1.82) is 0 Å². The Morgan fingerprint density at radius 1 is 1.05 bits per heavy atom. The first kappa shape index (κ1) is 28.4. The van der Waals surface area contributed by atoms with Crippen molar-refractivity contribution in [2.45, 2.75) is 70.2 Å². The molecule has 0 saturated carbocycles. The van der Waals surface area contributed by atoms with Gasteiger partial charge < -0.3 is 29.3 Å². The zero-order valence-corrected chi connectivity index (χ0v) is 23.7. The van der Waals surface area contributed by atoms with E-state index in [0.29, 0.717) is 18.7 Å². The number of anilines is 2. The second-order valence-corrected chi connectivity index (χ2v) is 11.0. The maximum atomic E-state index is 14.5. The van der Waals surface area contributed by atoms with Gasteiger partial charge >= 0.3 is 5.97 Å². The molecule has 1 unspecified atom stereocenters. The second-order valence-electron chi connectivity index (χ2n) is 11.0. The van der Waals surface area contributed by atoms with Gasteiger partial charge in [-0.15, -0.1) is 0 Å². The molecule has 4 aliphatic heterocycles. The van der Waals surface area contributed by atoms with Crippen molar-refractivity contribution in [3.05, 3.63) is 48.6 Å². The number of aliphatic hydroxyl groups is 1. The monoisotopic (exact) mass is 551 g/mol. The van der Waals surface area contributed by atoms with Gasteiger partial charge in [0.2, 0.25) is 5.91 Å². The van der Waals surface area contributed by atoms with Crippen LogP contribution in [0, 0.1) is 11.8 Å². The van der Waals surface area contributed by atoms with E-state index >= 15 is 0 Å². The molecular formula is C31H41N3O6. The minimum Gasteiger partial charge on any atom is -0.465 e. The molecule has 0 radical (unpaired) electrons. The molecule has 6 atom stereocenters. The number of benzene rings is 1. The van der Waals surface area contributed by atoms with E-state index < -0.39 is 41.6 Å². The molecule has 4 heterocycles. The Kier molecular flexibility index (Phi) is 8.33. The van der Waals surface area contributed by atoms with Crippen LogP contribution in [0.25, 0.3) is 0 Å². The van der Waals surface area contributed by atoms with Crippen LogP contribution in [-0.2, 0) is 23.9 Å². The maximum Gasteiger partial charge on any atom is 0.312 e. The topological polar surface area (TPSA) is 99.6 Å². The normalized spacial score (nSPS) is 31.6. The van der Waals surface area contributed by atoms with Crippen LogP contribution >= 0.6 is 0 Å². The fraction of sp³-hybridized carbons (Fsp3) is 0.581. The van der Waals surface area contributed by atoms with E-state index in [9.17, 15) is 19.5 Å². The number of likely N-dealkylation sites (tertiary alicyclic amines) is 1. The van der Waals surface area contributed by atoms with E-state index in [4.69, 9.17) is 9.47 Å². The van der Waals surface area contributed by atoms with Crippen LogP contribution in [0.1, 0.15) is 46.5 Å². The van der Waals surface area contributed by atoms with Gasteiger partial charge in [0, 0.05) is 31.0 Å². The highest BCUT2D eigenvalue weighted by atomic mass is 16.6. The quantitative estimate of drug-likeness (QED) is 0.411. The highest BCUT2D eigenvalue weighted by Crippen LogP contribution is 2.54. The van der Waals surface area contributed by atoms with Crippen LogP contribution in [0.15, 0.2) is 48.6 Å². The summed E-state index contributed by atoms with van der Waals surface area (Å²) in [6.07, 6.45) is 9.77. The Morgan fingerprint density at radius 2 is 1.80 bits per heavy atom. The second kappa shape index (κ2) is 11.7. The summed E-state index contributed by atoms with van der Waals surface area (Å²) < 4.78 is 12.3. The first-order valence-electron chi connectivity index (χ1n) is 14.7. The van der Waals surface area contributed by atoms with Crippen LogP contribution < -0.4 is 9.80 Å². The fourth-order valence-corrected chi connectivity index (χ4v) is 6.83. The number of nitrogens with zero attached hydrogens (tertiary/aromatic N) is 3. The number of hydrogen-bond acceptors (Lipinski definition) is 7. The van der Waals surface area contributed by atoms with Gasteiger partial charge in [0.15, 0.2) is 0 Å². The number of cyclic esters (lactones) is 1. The lowest BCUT2D eigenvalue weighted by Gasteiger charge is -2.38. The molecule has 9 heteroatoms. The Hall–Kier alpha value is -3.17. The van der Waals surface area contributed by atoms with Gasteiger partial charge in [-0.3, -0.25) is 14.4 Å². The lowest BCUT2D eigenvalue weighted by Crippen LogP contribution is -2.58. The van der Waals surface area contributed by atoms with Crippen molar-refractivity contribution >= 4 is 29.2 Å². The minimum atomic E-state index is -1.35. The Morgan fingerprint density at radius 3 is 2.48 bits per heavy atom. The molecule has 40 heavy (non-hydrogen) atoms. The van der Waals surface area contributed by atoms with Crippen LogP contribution in [0.2, 0.25) is 0 Å². The summed E-state index contributed by atoms with van der Waals surface area (Å²) >= 11 is 0. The molecule has 1 aromatic carbocycles. The molecule has 2 saturated heterocycles. The van der Waals surface area contributed by atoms with Crippen LogP contribution in [0.3, 0.4) is 0 Å². The van der Waals surface area contributed by atoms with Gasteiger partial charge in [-0.1, -0.05) is 31.2 Å². The lowest BCUT2D eigenvalue weighted by atomic mass is 9.78. The summed E-state index contributed by atoms with van der Waals surface area (Å²) in [4.78, 5) is 47.5. The molecule has 1 spiro atoms. The van der Waals surface area contributed by atoms with E-state index in [2.05, 4.69) is 18.7 Å². The third-order valence-corrected chi connectivity index (χ3v) is 8.90. The summed E-state index contributed by atoms with van der Waals surface area (Å²) in [5, 5.41) is 10.3. The molecule has 9 nitrogen and oxygen atoms in total. The number of esters is 1. The van der Waals surface area contributed by atoms with Crippen molar-refractivity contribution in [2.24, 2.45) is 11.8 Å². The first-order chi connectivity index (χ1) is 19.4. The summed E-state index contributed by atoms with van der Waals surface area (Å²) in [7, 11) is 0. The van der Waals surface area contributed by atoms with E-state index in [1.807, 2.05) is 55.5 Å². The predicted molar refractivity (Wildman–Crippen MR) is 152 cm³/mol. The Balaban J connectivity index is 1.57. The van der Waals surface area contributed by atoms with Crippen molar-refractivity contribution < 1.29 is 29.0 Å². The molecule has 2 amide bonds. The number of hydrogen-bond donors (Lipinski definition) is 1. The minimum absolute atomic E-state index is 0.288. The van der Waals surface area contributed by atoms with Crippen molar-refractivity contribution in [2.75, 3.05) is 42.6 Å². The molecule has 1 aromatic rings. The number of fused-ring (bicyclic) bond motifs is 2. The van der Waals surface area contributed by atoms with Crippen LogP contribution in [-0.4, -0.2) is 84.4 Å². The van der Waals surface area contributed by atoms with E-state index in [0.717, 1.165) is 38.0 Å². The number of amides is 2. The average molecular weight is 552 g/mol. The van der Waals surface area contributed by atoms with Gasteiger partial charge in [-0.05, 0) is 63.8 Å². The lowest BCUT2D eigenvalue weighted by molar-refractivity contribution is -0.155. The third-order valence-electron chi connectivity index (χ3n) is 8.90. The van der Waals surface area contributed by atoms with Gasteiger partial charge in [0.1, 0.15) is 17.6 Å². The molecule has 216 valence electrons. The van der Waals surface area contributed by atoms with Crippen molar-refractivity contribution in [3.8, 4) is 0 Å². The summed E-state index contributed by atoms with van der Waals surface area (Å²) in [5.41, 5.74) is 0.436. The predicted octanol–water partition coefficient (Wildman–Crippen LogP) is 3.07. The van der Waals surface area contributed by atoms with E-state index in [1.54, 1.807) is 4.90 Å². The van der Waals surface area contributed by atoms with Gasteiger partial charge in [-0.25, -0.2) is 0 Å². The van der Waals surface area contributed by atoms with Gasteiger partial charge in [0.05, 0.1) is 31.3 Å². The van der Waals surface area contributed by atoms with Gasteiger partial charge in [0.25, 0.3) is 5.91 Å². The zero-order valence-electron chi connectivity index (χ0n) is 23.7. The SMILES string of the molecule is CC[C@@H](CO)N1C(=O)[C@@H]2[C@H]3C(=O)OCCCC/C=C\[C@H]3O[C@@]23C=CCN(c2ccc(N(CC)CC)cc2)C(=O)C13. The molecule has 1 N–H and O–H groups in total. The molecule has 0 aliphatic carbocycles. The molecule has 2 fully saturated rings. The molecule has 0 bridgehead atoms. The molecule has 0 aromatic heterocycles. The van der Waals surface area contributed by atoms with E-state index in [-0.39, 0.29) is 25.0 Å². The molecular weight excluding hydrogens is 510 g/mol. The summed E-state index contributed by atoms with van der Waals surface area (Å²) in [5.74, 6) is -2.91. The van der Waals surface area contributed by atoms with Crippen molar-refractivity contribution in [3.63, 3.8) is 0 Å². The number of ether oxygens (including phenoxy) is 2. The van der Waals surface area contributed by atoms with Gasteiger partial charge in [-0.2, -0.15) is 0 Å². The highest BCUT2D eigenvalue weighted by molar-refractivity contribution is 6.05. The largest absolute Gasteiger partial charge is 0.465 e. The summed E-state index contributed by atoms with van der Waals surface area (Å²) in [6.45, 7) is 8.12. The number of carbonyl (C=O) groups excluding carboxylic acids is 3. The smallest absolute Gasteiger partial charge is 0.312 e. The zero-order chi connectivity index (χ0) is 28.4. The molecule has 5 rings (SSSR count). The third kappa shape index (κ3) is 4.63. The fourth-order valence-electron chi connectivity index (χ4n) is 6.83. The number of rotatable bonds is 7. The summed E-state index contributed by atoms with van der Waals surface area (Å²) in [6, 6.07) is 6.25. The average Bonchev–Trinajstić information content (AvgIpc) is 3.35. The number of aliphatic hydroxyl groups excluding tert-OH is 1. The van der Waals surface area contributed by atoms with Crippen LogP contribution in [0.4, 0.5) is 11.4 Å². The molecule has 4 aliphatic rings. The van der Waals surface area contributed by atoms with Crippen molar-refractivity contribution in [1.82, 2.24) is 4.90 Å².